The minimum absolute atomic E-state index is 0.113. The zero-order valence-corrected chi connectivity index (χ0v) is 13.0. The summed E-state index contributed by atoms with van der Waals surface area (Å²) < 4.78 is 0. The fraction of sp³-hybridized carbons (Fsp3) is 0.389. The van der Waals surface area contributed by atoms with E-state index in [1.165, 1.54) is 11.1 Å². The van der Waals surface area contributed by atoms with Gasteiger partial charge in [-0.1, -0.05) is 44.2 Å². The fourth-order valence-corrected chi connectivity index (χ4v) is 2.43. The third-order valence-electron chi connectivity index (χ3n) is 3.61. The molecule has 1 aromatic heterocycles. The Labute approximate surface area is 127 Å². The molecule has 1 aromatic carbocycles. The van der Waals surface area contributed by atoms with Crippen molar-refractivity contribution in [1.29, 1.82) is 0 Å². The number of aromatic nitrogens is 1. The molecular weight excluding hydrogens is 258 g/mol. The van der Waals surface area contributed by atoms with Crippen LogP contribution in [0, 0.1) is 5.41 Å². The van der Waals surface area contributed by atoms with Crippen LogP contribution in [0.15, 0.2) is 54.9 Å². The van der Waals surface area contributed by atoms with Crippen LogP contribution in [0.1, 0.15) is 25.0 Å². The summed E-state index contributed by atoms with van der Waals surface area (Å²) in [5.41, 5.74) is 8.64. The topological polar surface area (TPSA) is 42.1 Å². The molecule has 0 radical (unpaired) electrons. The second-order valence-electron chi connectivity index (χ2n) is 6.35. The van der Waals surface area contributed by atoms with E-state index in [4.69, 9.17) is 5.73 Å². The van der Waals surface area contributed by atoms with E-state index in [2.05, 4.69) is 66.2 Å². The van der Waals surface area contributed by atoms with Gasteiger partial charge in [0.1, 0.15) is 0 Å². The van der Waals surface area contributed by atoms with Gasteiger partial charge in [0.05, 0.1) is 0 Å². The van der Waals surface area contributed by atoms with Crippen molar-refractivity contribution in [1.82, 2.24) is 9.88 Å². The third kappa shape index (κ3) is 5.29. The summed E-state index contributed by atoms with van der Waals surface area (Å²) in [6.07, 6.45) is 3.70. The molecule has 2 N–H and O–H groups in total. The molecule has 0 aliphatic rings. The number of rotatable bonds is 7. The molecule has 0 atom stereocenters. The molecule has 0 aliphatic heterocycles. The van der Waals surface area contributed by atoms with Crippen LogP contribution in [0.2, 0.25) is 0 Å². The molecule has 0 saturated carbocycles. The van der Waals surface area contributed by atoms with Gasteiger partial charge in [0.15, 0.2) is 0 Å². The van der Waals surface area contributed by atoms with Crippen LogP contribution in [0.3, 0.4) is 0 Å². The van der Waals surface area contributed by atoms with Crippen molar-refractivity contribution in [2.75, 3.05) is 13.1 Å². The van der Waals surface area contributed by atoms with Gasteiger partial charge in [0.25, 0.3) is 0 Å². The molecule has 0 amide bonds. The van der Waals surface area contributed by atoms with Gasteiger partial charge in [-0.25, -0.2) is 0 Å². The Hall–Kier alpha value is -1.71. The average Bonchev–Trinajstić information content (AvgIpc) is 2.49. The lowest BCUT2D eigenvalue weighted by Crippen LogP contribution is -2.38. The van der Waals surface area contributed by atoms with Gasteiger partial charge in [-0.15, -0.1) is 0 Å². The normalized spacial score (nSPS) is 11.8. The van der Waals surface area contributed by atoms with Crippen molar-refractivity contribution >= 4 is 0 Å². The maximum Gasteiger partial charge on any atom is 0.0271 e. The summed E-state index contributed by atoms with van der Waals surface area (Å²) in [6, 6.07) is 14.7. The second-order valence-corrected chi connectivity index (χ2v) is 6.35. The molecule has 0 bridgehead atoms. The number of benzene rings is 1. The van der Waals surface area contributed by atoms with E-state index in [0.29, 0.717) is 6.54 Å². The summed E-state index contributed by atoms with van der Waals surface area (Å²) in [4.78, 5) is 6.54. The third-order valence-corrected chi connectivity index (χ3v) is 3.61. The standard InChI is InChI=1S/C18H25N3/c1-18(2,14-19)15-21(12-16-6-4-3-5-7-16)13-17-8-10-20-11-9-17/h3-11H,12-15,19H2,1-2H3. The Morgan fingerprint density at radius 1 is 0.952 bits per heavy atom. The Morgan fingerprint density at radius 2 is 1.52 bits per heavy atom. The molecule has 3 nitrogen and oxygen atoms in total. The first-order valence-electron chi connectivity index (χ1n) is 7.44. The van der Waals surface area contributed by atoms with Gasteiger partial charge < -0.3 is 5.73 Å². The number of nitrogens with two attached hydrogens (primary N) is 1. The van der Waals surface area contributed by atoms with Crippen LogP contribution in [-0.2, 0) is 13.1 Å². The van der Waals surface area contributed by atoms with Gasteiger partial charge >= 0.3 is 0 Å². The second kappa shape index (κ2) is 7.34. The van der Waals surface area contributed by atoms with E-state index in [-0.39, 0.29) is 5.41 Å². The first kappa shape index (κ1) is 15.7. The smallest absolute Gasteiger partial charge is 0.0271 e. The zero-order chi connectivity index (χ0) is 15.1. The van der Waals surface area contributed by atoms with Crippen LogP contribution in [0.4, 0.5) is 0 Å². The highest BCUT2D eigenvalue weighted by Crippen LogP contribution is 2.19. The Bertz CT molecular complexity index is 481. The summed E-state index contributed by atoms with van der Waals surface area (Å²) in [7, 11) is 0. The van der Waals surface area contributed by atoms with Gasteiger partial charge in [-0.3, -0.25) is 9.88 Å². The molecule has 0 fully saturated rings. The minimum Gasteiger partial charge on any atom is -0.330 e. The maximum absolute atomic E-state index is 5.90. The molecular formula is C18H25N3. The van der Waals surface area contributed by atoms with Crippen LogP contribution in [0.5, 0.6) is 0 Å². The number of hydrogen-bond acceptors (Lipinski definition) is 3. The van der Waals surface area contributed by atoms with E-state index in [1.807, 2.05) is 12.4 Å². The molecule has 0 saturated heterocycles. The van der Waals surface area contributed by atoms with E-state index in [1.54, 1.807) is 0 Å². The van der Waals surface area contributed by atoms with Crippen molar-refractivity contribution in [3.05, 3.63) is 66.0 Å². The number of pyridine rings is 1. The highest BCUT2D eigenvalue weighted by Gasteiger charge is 2.20. The predicted octanol–water partition coefficient (Wildman–Crippen LogP) is 3.07. The zero-order valence-electron chi connectivity index (χ0n) is 13.0. The largest absolute Gasteiger partial charge is 0.330 e. The van der Waals surface area contributed by atoms with E-state index in [9.17, 15) is 0 Å². The van der Waals surface area contributed by atoms with E-state index >= 15 is 0 Å². The molecule has 0 spiro atoms. The lowest BCUT2D eigenvalue weighted by molar-refractivity contribution is 0.168. The lowest BCUT2D eigenvalue weighted by atomic mass is 9.92. The van der Waals surface area contributed by atoms with Crippen molar-refractivity contribution in [2.24, 2.45) is 11.1 Å². The van der Waals surface area contributed by atoms with Crippen LogP contribution >= 0.6 is 0 Å². The van der Waals surface area contributed by atoms with Gasteiger partial charge in [-0.05, 0) is 35.2 Å². The van der Waals surface area contributed by atoms with E-state index in [0.717, 1.165) is 19.6 Å². The summed E-state index contributed by atoms with van der Waals surface area (Å²) in [6.45, 7) is 7.96. The predicted molar refractivity (Wildman–Crippen MR) is 87.6 cm³/mol. The van der Waals surface area contributed by atoms with E-state index < -0.39 is 0 Å². The quantitative estimate of drug-likeness (QED) is 0.849. The summed E-state index contributed by atoms with van der Waals surface area (Å²) in [5.74, 6) is 0. The molecule has 1 heterocycles. The molecule has 3 heteroatoms. The molecule has 0 unspecified atom stereocenters. The minimum atomic E-state index is 0.113. The Balaban J connectivity index is 2.10. The van der Waals surface area contributed by atoms with Crippen molar-refractivity contribution in [3.63, 3.8) is 0 Å². The maximum atomic E-state index is 5.90. The van der Waals surface area contributed by atoms with Crippen LogP contribution in [-0.4, -0.2) is 23.0 Å². The van der Waals surface area contributed by atoms with Gasteiger partial charge in [-0.2, -0.15) is 0 Å². The van der Waals surface area contributed by atoms with Gasteiger partial charge in [0, 0.05) is 32.0 Å². The molecule has 0 aliphatic carbocycles. The molecule has 2 rings (SSSR count). The monoisotopic (exact) mass is 283 g/mol. The Morgan fingerprint density at radius 3 is 2.10 bits per heavy atom. The first-order valence-corrected chi connectivity index (χ1v) is 7.44. The molecule has 2 aromatic rings. The lowest BCUT2D eigenvalue weighted by Gasteiger charge is -2.32. The highest BCUT2D eigenvalue weighted by atomic mass is 15.1. The average molecular weight is 283 g/mol. The van der Waals surface area contributed by atoms with Crippen molar-refractivity contribution < 1.29 is 0 Å². The van der Waals surface area contributed by atoms with Crippen molar-refractivity contribution in [3.8, 4) is 0 Å². The first-order chi connectivity index (χ1) is 10.1. The fourth-order valence-electron chi connectivity index (χ4n) is 2.43. The van der Waals surface area contributed by atoms with Crippen LogP contribution < -0.4 is 5.73 Å². The SMILES string of the molecule is CC(C)(CN)CN(Cc1ccccc1)Cc1ccncc1. The Kier molecular flexibility index (Phi) is 5.48. The molecule has 112 valence electrons. The number of nitrogens with zero attached hydrogens (tertiary/aromatic N) is 2. The highest BCUT2D eigenvalue weighted by molar-refractivity contribution is 5.15. The van der Waals surface area contributed by atoms with Crippen molar-refractivity contribution in [2.45, 2.75) is 26.9 Å². The summed E-state index contributed by atoms with van der Waals surface area (Å²) >= 11 is 0. The van der Waals surface area contributed by atoms with Crippen LogP contribution in [0.25, 0.3) is 0 Å². The summed E-state index contributed by atoms with van der Waals surface area (Å²) in [5, 5.41) is 0. The van der Waals surface area contributed by atoms with Gasteiger partial charge in [0.2, 0.25) is 0 Å². The number of hydrogen-bond donors (Lipinski definition) is 1. The molecule has 21 heavy (non-hydrogen) atoms.